The van der Waals surface area contributed by atoms with Crippen LogP contribution in [0.15, 0.2) is 36.4 Å². The first kappa shape index (κ1) is 18.4. The van der Waals surface area contributed by atoms with Crippen molar-refractivity contribution in [1.82, 2.24) is 0 Å². The number of hydrogen-bond donors (Lipinski definition) is 1. The van der Waals surface area contributed by atoms with E-state index in [0.717, 1.165) is 22.4 Å². The van der Waals surface area contributed by atoms with Crippen molar-refractivity contribution in [3.05, 3.63) is 53.1 Å². The molecule has 0 heterocycles. The first-order chi connectivity index (χ1) is 12.0. The summed E-state index contributed by atoms with van der Waals surface area (Å²) in [5.41, 5.74) is 3.74. The number of amides is 1. The van der Waals surface area contributed by atoms with Gasteiger partial charge < -0.3 is 19.5 Å². The molecule has 2 aromatic carbocycles. The molecular weight excluding hydrogens is 318 g/mol. The molecule has 0 aliphatic heterocycles. The Kier molecular flexibility index (Phi) is 6.06. The van der Waals surface area contributed by atoms with Crippen LogP contribution in [-0.4, -0.2) is 27.2 Å². The highest BCUT2D eigenvalue weighted by Crippen LogP contribution is 2.38. The molecule has 0 radical (unpaired) electrons. The average Bonchev–Trinajstić information content (AvgIpc) is 2.61. The fraction of sp³-hybridized carbons (Fsp3) is 0.250. The first-order valence-corrected chi connectivity index (χ1v) is 7.84. The molecule has 0 aromatic heterocycles. The monoisotopic (exact) mass is 341 g/mol. The molecule has 0 aliphatic carbocycles. The van der Waals surface area contributed by atoms with E-state index < -0.39 is 0 Å². The fourth-order valence-corrected chi connectivity index (χ4v) is 2.50. The standard InChI is InChI=1S/C20H23NO4/c1-13-6-8-16(14(2)10-13)21-19(22)9-7-15-11-17(23-3)20(25-5)18(12-15)24-4/h6-12H,1-5H3,(H,21,22)/b9-7+. The minimum absolute atomic E-state index is 0.208. The van der Waals surface area contributed by atoms with Crippen LogP contribution in [0, 0.1) is 13.8 Å². The van der Waals surface area contributed by atoms with E-state index in [1.54, 1.807) is 39.5 Å². The van der Waals surface area contributed by atoms with Gasteiger partial charge in [0.05, 0.1) is 21.3 Å². The lowest BCUT2D eigenvalue weighted by atomic mass is 10.1. The Hall–Kier alpha value is -2.95. The number of ether oxygens (including phenoxy) is 3. The summed E-state index contributed by atoms with van der Waals surface area (Å²) in [5.74, 6) is 1.38. The van der Waals surface area contributed by atoms with Crippen LogP contribution in [-0.2, 0) is 4.79 Å². The van der Waals surface area contributed by atoms with E-state index >= 15 is 0 Å². The maximum Gasteiger partial charge on any atom is 0.248 e. The summed E-state index contributed by atoms with van der Waals surface area (Å²) in [6.07, 6.45) is 3.17. The van der Waals surface area contributed by atoms with Gasteiger partial charge in [-0.1, -0.05) is 17.7 Å². The van der Waals surface area contributed by atoms with Gasteiger partial charge in [-0.15, -0.1) is 0 Å². The predicted octanol–water partition coefficient (Wildman–Crippen LogP) is 3.98. The average molecular weight is 341 g/mol. The van der Waals surface area contributed by atoms with E-state index in [0.29, 0.717) is 17.2 Å². The Morgan fingerprint density at radius 2 is 1.60 bits per heavy atom. The van der Waals surface area contributed by atoms with Crippen LogP contribution < -0.4 is 19.5 Å². The molecular formula is C20H23NO4. The van der Waals surface area contributed by atoms with Crippen LogP contribution >= 0.6 is 0 Å². The number of aryl methyl sites for hydroxylation is 2. The molecule has 2 aromatic rings. The molecule has 1 N–H and O–H groups in total. The van der Waals surface area contributed by atoms with Crippen LogP contribution in [0.4, 0.5) is 5.69 Å². The summed E-state index contributed by atoms with van der Waals surface area (Å²) < 4.78 is 15.9. The second-order valence-corrected chi connectivity index (χ2v) is 5.60. The number of hydrogen-bond acceptors (Lipinski definition) is 4. The molecule has 5 heteroatoms. The smallest absolute Gasteiger partial charge is 0.248 e. The highest BCUT2D eigenvalue weighted by Gasteiger charge is 2.12. The molecule has 0 fully saturated rings. The van der Waals surface area contributed by atoms with Crippen molar-refractivity contribution in [3.8, 4) is 17.2 Å². The lowest BCUT2D eigenvalue weighted by Crippen LogP contribution is -2.09. The van der Waals surface area contributed by atoms with Gasteiger partial charge in [0, 0.05) is 11.8 Å². The summed E-state index contributed by atoms with van der Waals surface area (Å²) in [6.45, 7) is 3.98. The van der Waals surface area contributed by atoms with Crippen LogP contribution in [0.5, 0.6) is 17.2 Å². The first-order valence-electron chi connectivity index (χ1n) is 7.84. The van der Waals surface area contributed by atoms with E-state index in [9.17, 15) is 4.79 Å². The molecule has 0 aliphatic rings. The third kappa shape index (κ3) is 4.53. The molecule has 5 nitrogen and oxygen atoms in total. The third-order valence-corrected chi connectivity index (χ3v) is 3.75. The summed E-state index contributed by atoms with van der Waals surface area (Å²) >= 11 is 0. The highest BCUT2D eigenvalue weighted by molar-refractivity contribution is 6.02. The van der Waals surface area contributed by atoms with Crippen molar-refractivity contribution in [2.75, 3.05) is 26.6 Å². The lowest BCUT2D eigenvalue weighted by Gasteiger charge is -2.12. The molecule has 0 unspecified atom stereocenters. The number of methoxy groups -OCH3 is 3. The van der Waals surface area contributed by atoms with Crippen molar-refractivity contribution in [2.24, 2.45) is 0 Å². The normalized spacial score (nSPS) is 10.6. The summed E-state index contributed by atoms with van der Waals surface area (Å²) in [5, 5.41) is 2.87. The van der Waals surface area contributed by atoms with E-state index in [1.165, 1.54) is 6.08 Å². The van der Waals surface area contributed by atoms with Crippen LogP contribution in [0.25, 0.3) is 6.08 Å². The molecule has 1 amide bonds. The van der Waals surface area contributed by atoms with Gasteiger partial charge in [0.1, 0.15) is 0 Å². The van der Waals surface area contributed by atoms with Gasteiger partial charge in [0.15, 0.2) is 11.5 Å². The number of rotatable bonds is 6. The van der Waals surface area contributed by atoms with E-state index in [2.05, 4.69) is 5.32 Å². The van der Waals surface area contributed by atoms with E-state index in [4.69, 9.17) is 14.2 Å². The van der Waals surface area contributed by atoms with Crippen molar-refractivity contribution in [2.45, 2.75) is 13.8 Å². The Bertz CT molecular complexity index is 771. The van der Waals surface area contributed by atoms with Gasteiger partial charge in [-0.2, -0.15) is 0 Å². The summed E-state index contributed by atoms with van der Waals surface area (Å²) in [4.78, 5) is 12.2. The van der Waals surface area contributed by atoms with E-state index in [1.807, 2.05) is 32.0 Å². The molecule has 0 bridgehead atoms. The zero-order valence-electron chi connectivity index (χ0n) is 15.2. The van der Waals surface area contributed by atoms with Gasteiger partial charge in [0.25, 0.3) is 0 Å². The lowest BCUT2D eigenvalue weighted by molar-refractivity contribution is -0.111. The Morgan fingerprint density at radius 1 is 0.960 bits per heavy atom. The maximum atomic E-state index is 12.2. The van der Waals surface area contributed by atoms with Gasteiger partial charge >= 0.3 is 0 Å². The number of carbonyl (C=O) groups excluding carboxylic acids is 1. The third-order valence-electron chi connectivity index (χ3n) is 3.75. The molecule has 0 saturated carbocycles. The minimum atomic E-state index is -0.208. The number of benzene rings is 2. The molecule has 0 atom stereocenters. The van der Waals surface area contributed by atoms with Crippen molar-refractivity contribution in [1.29, 1.82) is 0 Å². The van der Waals surface area contributed by atoms with Crippen molar-refractivity contribution < 1.29 is 19.0 Å². The second-order valence-electron chi connectivity index (χ2n) is 5.60. The van der Waals surface area contributed by atoms with Crippen LogP contribution in [0.3, 0.4) is 0 Å². The summed E-state index contributed by atoms with van der Waals surface area (Å²) in [6, 6.07) is 9.45. The predicted molar refractivity (Wildman–Crippen MR) is 99.7 cm³/mol. The molecule has 25 heavy (non-hydrogen) atoms. The number of carbonyl (C=O) groups is 1. The van der Waals surface area contributed by atoms with Crippen molar-refractivity contribution in [3.63, 3.8) is 0 Å². The zero-order chi connectivity index (χ0) is 18.4. The topological polar surface area (TPSA) is 56.8 Å². The Balaban J connectivity index is 2.19. The van der Waals surface area contributed by atoms with Gasteiger partial charge in [-0.25, -0.2) is 0 Å². The number of nitrogens with one attached hydrogen (secondary N) is 1. The summed E-state index contributed by atoms with van der Waals surface area (Å²) in [7, 11) is 4.66. The SMILES string of the molecule is COc1cc(/C=C/C(=O)Nc2ccc(C)cc2C)cc(OC)c1OC. The maximum absolute atomic E-state index is 12.2. The second kappa shape index (κ2) is 8.24. The van der Waals surface area contributed by atoms with Crippen LogP contribution in [0.2, 0.25) is 0 Å². The van der Waals surface area contributed by atoms with Gasteiger partial charge in [0.2, 0.25) is 11.7 Å². The highest BCUT2D eigenvalue weighted by atomic mass is 16.5. The van der Waals surface area contributed by atoms with Crippen molar-refractivity contribution >= 4 is 17.7 Å². The van der Waals surface area contributed by atoms with E-state index in [-0.39, 0.29) is 5.91 Å². The van der Waals surface area contributed by atoms with Crippen LogP contribution in [0.1, 0.15) is 16.7 Å². The Labute approximate surface area is 148 Å². The molecule has 0 saturated heterocycles. The zero-order valence-corrected chi connectivity index (χ0v) is 15.2. The Morgan fingerprint density at radius 3 is 2.12 bits per heavy atom. The fourth-order valence-electron chi connectivity index (χ4n) is 2.50. The molecule has 132 valence electrons. The van der Waals surface area contributed by atoms with Gasteiger partial charge in [-0.05, 0) is 49.2 Å². The minimum Gasteiger partial charge on any atom is -0.493 e. The molecule has 2 rings (SSSR count). The number of anilines is 1. The quantitative estimate of drug-likeness (QED) is 0.808. The largest absolute Gasteiger partial charge is 0.493 e. The van der Waals surface area contributed by atoms with Gasteiger partial charge in [-0.3, -0.25) is 4.79 Å². The molecule has 0 spiro atoms.